The van der Waals surface area contributed by atoms with Crippen LogP contribution in [0.3, 0.4) is 0 Å². The van der Waals surface area contributed by atoms with E-state index < -0.39 is 36.0 Å². The molecule has 4 aromatic rings. The molecule has 0 aromatic carbocycles. The van der Waals surface area contributed by atoms with Crippen molar-refractivity contribution in [3.8, 4) is 11.4 Å². The molecule has 13 nitrogen and oxygen atoms in total. The molecule has 0 saturated heterocycles. The van der Waals surface area contributed by atoms with Crippen molar-refractivity contribution >= 4 is 28.9 Å². The molecule has 4 heterocycles. The summed E-state index contributed by atoms with van der Waals surface area (Å²) in [5, 5.41) is 27.0. The maximum atomic E-state index is 14.7. The van der Waals surface area contributed by atoms with Gasteiger partial charge in [-0.15, -0.1) is 0 Å². The van der Waals surface area contributed by atoms with Crippen LogP contribution in [0.2, 0.25) is 0 Å². The highest BCUT2D eigenvalue weighted by atomic mass is 19.1. The van der Waals surface area contributed by atoms with Gasteiger partial charge in [-0.25, -0.2) is 28.5 Å². The van der Waals surface area contributed by atoms with Gasteiger partial charge in [0.05, 0.1) is 18.4 Å². The van der Waals surface area contributed by atoms with Gasteiger partial charge in [0.25, 0.3) is 5.91 Å². The molecule has 1 aliphatic rings. The maximum Gasteiger partial charge on any atom is 0.407 e. The van der Waals surface area contributed by atoms with Gasteiger partial charge in [-0.2, -0.15) is 0 Å². The topological polar surface area (TPSA) is 187 Å². The molecular weight excluding hydrogens is 566 g/mol. The van der Waals surface area contributed by atoms with Crippen molar-refractivity contribution in [2.24, 2.45) is 0 Å². The minimum atomic E-state index is -1.73. The van der Waals surface area contributed by atoms with E-state index in [0.29, 0.717) is 35.0 Å². The highest BCUT2D eigenvalue weighted by Gasteiger charge is 2.26. The molecule has 1 fully saturated rings. The number of halogens is 2. The number of hydrogen-bond acceptors (Lipinski definition) is 10. The quantitative estimate of drug-likeness (QED) is 0.157. The van der Waals surface area contributed by atoms with Crippen molar-refractivity contribution in [3.05, 3.63) is 65.9 Å². The number of aromatic nitrogens is 5. The van der Waals surface area contributed by atoms with E-state index in [1.807, 2.05) is 0 Å². The van der Waals surface area contributed by atoms with Crippen LogP contribution in [0.5, 0.6) is 0 Å². The zero-order chi connectivity index (χ0) is 30.5. The van der Waals surface area contributed by atoms with E-state index in [9.17, 15) is 18.4 Å². The summed E-state index contributed by atoms with van der Waals surface area (Å²) in [6.07, 6.45) is 5.31. The third-order valence-corrected chi connectivity index (χ3v) is 7.05. The number of aliphatic hydroxyl groups is 2. The van der Waals surface area contributed by atoms with Crippen LogP contribution in [0.1, 0.15) is 48.7 Å². The highest BCUT2D eigenvalue weighted by molar-refractivity contribution is 5.93. The Morgan fingerprint density at radius 2 is 1.95 bits per heavy atom. The first-order chi connectivity index (χ1) is 20.7. The molecule has 0 spiro atoms. The van der Waals surface area contributed by atoms with Gasteiger partial charge in [0, 0.05) is 35.4 Å². The van der Waals surface area contributed by atoms with Gasteiger partial charge < -0.3 is 35.9 Å². The number of carbonyl (C=O) groups is 2. The number of fused-ring (bicyclic) bond motifs is 1. The Kier molecular flexibility index (Phi) is 9.01. The summed E-state index contributed by atoms with van der Waals surface area (Å²) in [5.41, 5.74) is 1.58. The lowest BCUT2D eigenvalue weighted by Gasteiger charge is -2.30. The average Bonchev–Trinajstić information content (AvgIpc) is 3.40. The standard InChI is InChI=1S/C28H30F2N8O5/c1-14(27(40)41)35-28(42)43-13-15-5-6-31-22(7-15)26(39)37-18-4-2-3-17(9-18)36-25-21(30)12-34-24(38-25)20-11-33-23-19(20)8-16(29)10-32-23/h5-8,10-12,14,17-18,27,40-41H,2-4,9,13H2,1H3,(H,32,33)(H,35,42)(H,37,39)(H,34,36,38)/t14-,17+,18-/m1/s1. The minimum absolute atomic E-state index is 0.00184. The van der Waals surface area contributed by atoms with Crippen LogP contribution in [0.15, 0.2) is 43.0 Å². The Labute approximate surface area is 244 Å². The molecule has 15 heteroatoms. The molecule has 0 unspecified atom stereocenters. The zero-order valence-electron chi connectivity index (χ0n) is 23.1. The van der Waals surface area contributed by atoms with Crippen molar-refractivity contribution in [3.63, 3.8) is 0 Å². The van der Waals surface area contributed by atoms with Crippen LogP contribution in [0.25, 0.3) is 22.4 Å². The van der Waals surface area contributed by atoms with Crippen molar-refractivity contribution in [2.75, 3.05) is 5.32 Å². The summed E-state index contributed by atoms with van der Waals surface area (Å²) < 4.78 is 33.6. The van der Waals surface area contributed by atoms with Gasteiger partial charge in [0.15, 0.2) is 23.7 Å². The number of aromatic amines is 1. The summed E-state index contributed by atoms with van der Waals surface area (Å²) >= 11 is 0. The number of carbonyl (C=O) groups excluding carboxylic acids is 2. The first-order valence-corrected chi connectivity index (χ1v) is 13.6. The number of anilines is 1. The van der Waals surface area contributed by atoms with Crippen LogP contribution < -0.4 is 16.0 Å². The van der Waals surface area contributed by atoms with Crippen molar-refractivity contribution < 1.29 is 33.3 Å². The average molecular weight is 597 g/mol. The lowest BCUT2D eigenvalue weighted by Crippen LogP contribution is -2.42. The third kappa shape index (κ3) is 7.37. The number of amides is 2. The summed E-state index contributed by atoms with van der Waals surface area (Å²) in [4.78, 5) is 44.3. The number of alkyl carbamates (subject to hydrolysis) is 1. The Hall–Kier alpha value is -4.76. The number of rotatable bonds is 9. The van der Waals surface area contributed by atoms with E-state index in [1.165, 1.54) is 25.3 Å². The Morgan fingerprint density at radius 3 is 2.77 bits per heavy atom. The first kappa shape index (κ1) is 29.7. The second-order valence-corrected chi connectivity index (χ2v) is 10.3. The van der Waals surface area contributed by atoms with Gasteiger partial charge in [-0.3, -0.25) is 9.78 Å². The molecule has 5 rings (SSSR count). The largest absolute Gasteiger partial charge is 0.445 e. The molecule has 0 bridgehead atoms. The second-order valence-electron chi connectivity index (χ2n) is 10.3. The van der Waals surface area contributed by atoms with Gasteiger partial charge >= 0.3 is 6.09 Å². The number of H-pyrrole nitrogens is 1. The number of nitrogens with one attached hydrogen (secondary N) is 4. The van der Waals surface area contributed by atoms with Crippen LogP contribution in [-0.4, -0.2) is 71.5 Å². The summed E-state index contributed by atoms with van der Waals surface area (Å²) in [6.45, 7) is 1.24. The predicted octanol–water partition coefficient (Wildman–Crippen LogP) is 2.77. The lowest BCUT2D eigenvalue weighted by atomic mass is 9.91. The fourth-order valence-electron chi connectivity index (χ4n) is 4.80. The third-order valence-electron chi connectivity index (χ3n) is 7.05. The van der Waals surface area contributed by atoms with E-state index in [0.717, 1.165) is 25.2 Å². The van der Waals surface area contributed by atoms with Gasteiger partial charge in [-0.1, -0.05) is 0 Å². The molecule has 1 aliphatic carbocycles. The fraction of sp³-hybridized carbons (Fsp3) is 0.357. The number of hydrogen-bond donors (Lipinski definition) is 6. The molecular formula is C28H30F2N8O5. The number of pyridine rings is 2. The molecule has 6 N–H and O–H groups in total. The smallest absolute Gasteiger partial charge is 0.407 e. The molecule has 0 radical (unpaired) electrons. The van der Waals surface area contributed by atoms with Crippen LogP contribution in [0, 0.1) is 11.6 Å². The number of ether oxygens (including phenoxy) is 1. The zero-order valence-corrected chi connectivity index (χ0v) is 23.1. The molecule has 43 heavy (non-hydrogen) atoms. The SMILES string of the molecule is C[C@@H](NC(=O)OCc1ccnc(C(=O)N[C@@H]2CCC[C@H](Nc3nc(-c4c[nH]c5ncc(F)cc45)ncc3F)C2)c1)C(O)O. The highest BCUT2D eigenvalue weighted by Crippen LogP contribution is 2.28. The molecule has 3 atom stereocenters. The van der Waals surface area contributed by atoms with Crippen LogP contribution in [-0.2, 0) is 11.3 Å². The molecule has 1 saturated carbocycles. The predicted molar refractivity (Wildman–Crippen MR) is 149 cm³/mol. The van der Waals surface area contributed by atoms with Gasteiger partial charge in [0.1, 0.15) is 23.8 Å². The summed E-state index contributed by atoms with van der Waals surface area (Å²) in [7, 11) is 0. The Bertz CT molecular complexity index is 1620. The van der Waals surface area contributed by atoms with E-state index in [-0.39, 0.29) is 36.0 Å². The maximum absolute atomic E-state index is 14.7. The van der Waals surface area contributed by atoms with E-state index in [1.54, 1.807) is 12.3 Å². The van der Waals surface area contributed by atoms with E-state index in [2.05, 4.69) is 40.9 Å². The summed E-state index contributed by atoms with van der Waals surface area (Å²) in [6, 6.07) is 3.06. The fourth-order valence-corrected chi connectivity index (χ4v) is 4.80. The van der Waals surface area contributed by atoms with Gasteiger partial charge in [0.2, 0.25) is 0 Å². The first-order valence-electron chi connectivity index (χ1n) is 13.6. The second kappa shape index (κ2) is 13.0. The van der Waals surface area contributed by atoms with E-state index in [4.69, 9.17) is 14.9 Å². The normalized spacial score (nSPS) is 17.4. The summed E-state index contributed by atoms with van der Waals surface area (Å²) in [5.74, 6) is -1.36. The molecule has 226 valence electrons. The Morgan fingerprint density at radius 1 is 1.14 bits per heavy atom. The van der Waals surface area contributed by atoms with Crippen LogP contribution >= 0.6 is 0 Å². The van der Waals surface area contributed by atoms with Crippen molar-refractivity contribution in [1.29, 1.82) is 0 Å². The van der Waals surface area contributed by atoms with Crippen molar-refractivity contribution in [1.82, 2.24) is 35.6 Å². The molecule has 2 amide bonds. The van der Waals surface area contributed by atoms with Crippen molar-refractivity contribution in [2.45, 2.75) is 63.6 Å². The Balaban J connectivity index is 1.19. The number of aliphatic hydroxyl groups excluding tert-OH is 1. The number of nitrogens with zero attached hydrogens (tertiary/aromatic N) is 4. The molecule has 4 aromatic heterocycles. The molecule has 0 aliphatic heterocycles. The van der Waals surface area contributed by atoms with E-state index >= 15 is 0 Å². The lowest BCUT2D eigenvalue weighted by molar-refractivity contribution is -0.0618. The minimum Gasteiger partial charge on any atom is -0.445 e. The van der Waals surface area contributed by atoms with Crippen LogP contribution in [0.4, 0.5) is 19.4 Å². The monoisotopic (exact) mass is 596 g/mol. The van der Waals surface area contributed by atoms with Gasteiger partial charge in [-0.05, 0) is 56.4 Å².